The van der Waals surface area contributed by atoms with E-state index in [-0.39, 0.29) is 16.8 Å². The third-order valence-corrected chi connectivity index (χ3v) is 4.45. The van der Waals surface area contributed by atoms with Crippen molar-refractivity contribution in [3.05, 3.63) is 65.7 Å². The Labute approximate surface area is 142 Å². The van der Waals surface area contributed by atoms with E-state index in [1.807, 2.05) is 30.3 Å². The Bertz CT molecular complexity index is 677. The summed E-state index contributed by atoms with van der Waals surface area (Å²) in [6.07, 6.45) is -4.42. The van der Waals surface area contributed by atoms with Crippen LogP contribution in [0.3, 0.4) is 0 Å². The van der Waals surface area contributed by atoms with Gasteiger partial charge in [0.05, 0.1) is 16.5 Å². The van der Waals surface area contributed by atoms with E-state index in [4.69, 9.17) is 0 Å². The topological polar surface area (TPSA) is 41.1 Å². The first-order valence-corrected chi connectivity index (χ1v) is 8.30. The van der Waals surface area contributed by atoms with Gasteiger partial charge in [-0.2, -0.15) is 13.2 Å². The molecule has 1 atom stereocenters. The summed E-state index contributed by atoms with van der Waals surface area (Å²) in [7, 11) is 0. The number of hydrazine groups is 1. The Balaban J connectivity index is 1.84. The molecule has 0 aliphatic rings. The van der Waals surface area contributed by atoms with Crippen molar-refractivity contribution >= 4 is 23.4 Å². The van der Waals surface area contributed by atoms with Crippen molar-refractivity contribution in [2.75, 3.05) is 5.43 Å². The van der Waals surface area contributed by atoms with Gasteiger partial charge in [-0.1, -0.05) is 36.4 Å². The number of benzene rings is 2. The summed E-state index contributed by atoms with van der Waals surface area (Å²) in [6, 6.07) is 14.4. The average Bonchev–Trinajstić information content (AvgIpc) is 2.58. The van der Waals surface area contributed by atoms with Crippen LogP contribution in [-0.2, 0) is 16.7 Å². The van der Waals surface area contributed by atoms with Gasteiger partial charge in [-0.15, -0.1) is 11.8 Å². The zero-order chi connectivity index (χ0) is 17.6. The molecule has 0 heterocycles. The highest BCUT2D eigenvalue weighted by molar-refractivity contribution is 7.99. The van der Waals surface area contributed by atoms with Gasteiger partial charge in [-0.25, -0.2) is 0 Å². The Morgan fingerprint density at radius 2 is 1.83 bits per heavy atom. The Morgan fingerprint density at radius 3 is 2.50 bits per heavy atom. The maximum absolute atomic E-state index is 12.6. The molecule has 2 N–H and O–H groups in total. The van der Waals surface area contributed by atoms with Gasteiger partial charge in [-0.3, -0.25) is 15.6 Å². The lowest BCUT2D eigenvalue weighted by Gasteiger charge is -2.14. The van der Waals surface area contributed by atoms with Crippen LogP contribution >= 0.6 is 11.8 Å². The SMILES string of the molecule is CC(SCc1ccccc1)C(=O)NNc1cccc(C(F)(F)F)c1. The van der Waals surface area contributed by atoms with Gasteiger partial charge in [0.2, 0.25) is 0 Å². The van der Waals surface area contributed by atoms with Crippen LogP contribution in [0.5, 0.6) is 0 Å². The molecule has 0 aromatic heterocycles. The van der Waals surface area contributed by atoms with Gasteiger partial charge >= 0.3 is 6.18 Å². The summed E-state index contributed by atoms with van der Waals surface area (Å²) in [5.74, 6) is 0.382. The molecule has 0 saturated heterocycles. The molecule has 2 rings (SSSR count). The number of alkyl halides is 3. The van der Waals surface area contributed by atoms with Gasteiger partial charge in [-0.05, 0) is 30.7 Å². The van der Waals surface area contributed by atoms with E-state index < -0.39 is 11.7 Å². The second-order valence-electron chi connectivity index (χ2n) is 5.13. The summed E-state index contributed by atoms with van der Waals surface area (Å²) in [6.45, 7) is 1.75. The maximum Gasteiger partial charge on any atom is 0.416 e. The molecular formula is C17H17F3N2OS. The van der Waals surface area contributed by atoms with E-state index in [0.717, 1.165) is 17.7 Å². The molecule has 0 bridgehead atoms. The van der Waals surface area contributed by atoms with Crippen LogP contribution in [0.25, 0.3) is 0 Å². The smallest absolute Gasteiger partial charge is 0.299 e. The molecule has 0 spiro atoms. The number of anilines is 1. The second kappa shape index (κ2) is 8.10. The second-order valence-corrected chi connectivity index (χ2v) is 6.46. The monoisotopic (exact) mass is 354 g/mol. The molecule has 0 aliphatic carbocycles. The highest BCUT2D eigenvalue weighted by Gasteiger charge is 2.30. The normalized spacial score (nSPS) is 12.5. The number of hydrogen-bond acceptors (Lipinski definition) is 3. The predicted octanol–water partition coefficient (Wildman–Crippen LogP) is 4.47. The highest BCUT2D eigenvalue weighted by atomic mass is 32.2. The first-order chi connectivity index (χ1) is 11.4. The lowest BCUT2D eigenvalue weighted by Crippen LogP contribution is -2.35. The molecule has 0 fully saturated rings. The average molecular weight is 354 g/mol. The van der Waals surface area contributed by atoms with Crippen molar-refractivity contribution in [1.29, 1.82) is 0 Å². The third kappa shape index (κ3) is 5.49. The van der Waals surface area contributed by atoms with E-state index in [9.17, 15) is 18.0 Å². The predicted molar refractivity (Wildman–Crippen MR) is 90.4 cm³/mol. The number of halogens is 3. The molecule has 0 radical (unpaired) electrons. The lowest BCUT2D eigenvalue weighted by molar-refractivity contribution is -0.137. The maximum atomic E-state index is 12.6. The minimum absolute atomic E-state index is 0.179. The van der Waals surface area contributed by atoms with E-state index in [0.29, 0.717) is 5.75 Å². The van der Waals surface area contributed by atoms with E-state index in [1.165, 1.54) is 23.9 Å². The van der Waals surface area contributed by atoms with Gasteiger partial charge in [0.15, 0.2) is 0 Å². The minimum atomic E-state index is -4.42. The third-order valence-electron chi connectivity index (χ3n) is 3.23. The van der Waals surface area contributed by atoms with Crippen molar-refractivity contribution in [2.24, 2.45) is 0 Å². The fourth-order valence-electron chi connectivity index (χ4n) is 1.88. The molecule has 24 heavy (non-hydrogen) atoms. The van der Waals surface area contributed by atoms with Gasteiger partial charge < -0.3 is 0 Å². The molecule has 7 heteroatoms. The summed E-state index contributed by atoms with van der Waals surface area (Å²) < 4.78 is 37.9. The largest absolute Gasteiger partial charge is 0.416 e. The Morgan fingerprint density at radius 1 is 1.12 bits per heavy atom. The van der Waals surface area contributed by atoms with Crippen molar-refractivity contribution in [2.45, 2.75) is 24.1 Å². The molecule has 128 valence electrons. The first kappa shape index (κ1) is 18.2. The fraction of sp³-hybridized carbons (Fsp3) is 0.235. The minimum Gasteiger partial charge on any atom is -0.299 e. The number of carbonyl (C=O) groups is 1. The molecule has 0 saturated carbocycles. The van der Waals surface area contributed by atoms with Crippen LogP contribution in [0, 0.1) is 0 Å². The van der Waals surface area contributed by atoms with Crippen LogP contribution < -0.4 is 10.9 Å². The van der Waals surface area contributed by atoms with Gasteiger partial charge in [0.1, 0.15) is 0 Å². The number of amides is 1. The van der Waals surface area contributed by atoms with E-state index >= 15 is 0 Å². The quantitative estimate of drug-likeness (QED) is 0.752. The van der Waals surface area contributed by atoms with Gasteiger partial charge in [0, 0.05) is 5.75 Å². The molecule has 1 amide bonds. The summed E-state index contributed by atoms with van der Waals surface area (Å²) >= 11 is 1.45. The number of carbonyl (C=O) groups excluding carboxylic acids is 1. The van der Waals surface area contributed by atoms with Crippen LogP contribution in [0.4, 0.5) is 18.9 Å². The van der Waals surface area contributed by atoms with E-state index in [2.05, 4.69) is 10.9 Å². The molecular weight excluding hydrogens is 337 g/mol. The summed E-state index contributed by atoms with van der Waals surface area (Å²) in [5, 5.41) is -0.344. The van der Waals surface area contributed by atoms with Crippen LogP contribution in [0.1, 0.15) is 18.1 Å². The van der Waals surface area contributed by atoms with Crippen molar-refractivity contribution in [3.63, 3.8) is 0 Å². The van der Waals surface area contributed by atoms with Crippen LogP contribution in [-0.4, -0.2) is 11.2 Å². The van der Waals surface area contributed by atoms with Crippen LogP contribution in [0.2, 0.25) is 0 Å². The molecule has 1 unspecified atom stereocenters. The highest BCUT2D eigenvalue weighted by Crippen LogP contribution is 2.30. The molecule has 2 aromatic rings. The molecule has 2 aromatic carbocycles. The number of nitrogens with one attached hydrogen (secondary N) is 2. The summed E-state index contributed by atoms with van der Waals surface area (Å²) in [4.78, 5) is 12.0. The fourth-order valence-corrected chi connectivity index (χ4v) is 2.73. The van der Waals surface area contributed by atoms with Crippen molar-refractivity contribution in [3.8, 4) is 0 Å². The first-order valence-electron chi connectivity index (χ1n) is 7.25. The zero-order valence-corrected chi connectivity index (χ0v) is 13.7. The van der Waals surface area contributed by atoms with E-state index in [1.54, 1.807) is 6.92 Å². The standard InChI is InChI=1S/C17H17F3N2OS/c1-12(24-11-13-6-3-2-4-7-13)16(23)22-21-15-9-5-8-14(10-15)17(18,19)20/h2-10,12,21H,11H2,1H3,(H,22,23). The van der Waals surface area contributed by atoms with Gasteiger partial charge in [0.25, 0.3) is 5.91 Å². The van der Waals surface area contributed by atoms with Crippen LogP contribution in [0.15, 0.2) is 54.6 Å². The Hall–Kier alpha value is -2.15. The number of hydrogen-bond donors (Lipinski definition) is 2. The Kier molecular flexibility index (Phi) is 6.14. The summed E-state index contributed by atoms with van der Waals surface area (Å²) in [5.41, 5.74) is 5.47. The number of thioether (sulfide) groups is 1. The van der Waals surface area contributed by atoms with Crippen molar-refractivity contribution < 1.29 is 18.0 Å². The number of rotatable bonds is 6. The molecule has 3 nitrogen and oxygen atoms in total. The molecule has 0 aliphatic heterocycles. The zero-order valence-electron chi connectivity index (χ0n) is 12.9. The van der Waals surface area contributed by atoms with Crippen molar-refractivity contribution in [1.82, 2.24) is 5.43 Å². The lowest BCUT2D eigenvalue weighted by atomic mass is 10.2.